The summed E-state index contributed by atoms with van der Waals surface area (Å²) < 4.78 is 6.22. The van der Waals surface area contributed by atoms with E-state index in [-0.39, 0.29) is 18.0 Å². The Labute approximate surface area is 249 Å². The number of hydrogen-bond donors (Lipinski definition) is 2. The molecule has 5 aromatic rings. The smallest absolute Gasteiger partial charge is 0.247 e. The number of aromatic nitrogens is 3. The first-order valence-corrected chi connectivity index (χ1v) is 14.3. The number of phenolic OH excluding ortho intramolecular Hbond substituents is 1. The van der Waals surface area contributed by atoms with Crippen molar-refractivity contribution in [2.24, 2.45) is 0 Å². The van der Waals surface area contributed by atoms with Crippen LogP contribution >= 0.6 is 11.6 Å². The maximum Gasteiger partial charge on any atom is 0.247 e. The predicted octanol–water partition coefficient (Wildman–Crippen LogP) is 6.26. The second kappa shape index (κ2) is 11.9. The second-order valence-corrected chi connectivity index (χ2v) is 11.2. The van der Waals surface area contributed by atoms with Crippen molar-refractivity contribution in [3.63, 3.8) is 0 Å². The Balaban J connectivity index is 1.20. The van der Waals surface area contributed by atoms with Gasteiger partial charge in [-0.15, -0.1) is 0 Å². The van der Waals surface area contributed by atoms with Crippen LogP contribution in [0.15, 0.2) is 72.9 Å². The summed E-state index contributed by atoms with van der Waals surface area (Å²) in [4.78, 5) is 30.5. The number of hydrogen-bond acceptors (Lipinski definition) is 7. The van der Waals surface area contributed by atoms with E-state index >= 15 is 0 Å². The molecule has 1 aliphatic rings. The van der Waals surface area contributed by atoms with E-state index in [1.807, 2.05) is 18.2 Å². The minimum atomic E-state index is -0.00768. The molecule has 0 saturated carbocycles. The lowest BCUT2D eigenvalue weighted by Gasteiger charge is -2.32. The first kappa shape index (κ1) is 27.9. The van der Waals surface area contributed by atoms with E-state index in [9.17, 15) is 9.90 Å². The number of halogens is 1. The number of benzene rings is 3. The van der Waals surface area contributed by atoms with Crippen LogP contribution in [-0.2, 0) is 13.0 Å². The molecule has 42 heavy (non-hydrogen) atoms. The van der Waals surface area contributed by atoms with Crippen molar-refractivity contribution in [3.05, 3.63) is 100 Å². The Morgan fingerprint density at radius 2 is 1.76 bits per heavy atom. The van der Waals surface area contributed by atoms with E-state index in [0.717, 1.165) is 43.9 Å². The zero-order chi connectivity index (χ0) is 29.2. The number of H-pyrrole nitrogens is 1. The van der Waals surface area contributed by atoms with Crippen LogP contribution < -0.4 is 4.74 Å². The normalized spacial score (nSPS) is 14.4. The highest BCUT2D eigenvalue weighted by molar-refractivity contribution is 6.31. The number of aromatic amines is 1. The zero-order valence-electron chi connectivity index (χ0n) is 23.6. The summed E-state index contributed by atoms with van der Waals surface area (Å²) in [6, 6.07) is 19.8. The minimum absolute atomic E-state index is 0.00768. The van der Waals surface area contributed by atoms with Crippen molar-refractivity contribution in [3.8, 4) is 28.8 Å². The first-order chi connectivity index (χ1) is 20.3. The number of Topliss-reactive ketones (excluding diaryl/α,β-unsaturated/α-hetero) is 1. The van der Waals surface area contributed by atoms with E-state index in [1.165, 1.54) is 5.56 Å². The van der Waals surface area contributed by atoms with E-state index in [1.54, 1.807) is 48.7 Å². The van der Waals surface area contributed by atoms with Crippen LogP contribution in [0, 0.1) is 6.92 Å². The number of phenols is 1. The molecule has 0 aliphatic carbocycles. The molecule has 9 heteroatoms. The van der Waals surface area contributed by atoms with Crippen molar-refractivity contribution in [1.82, 2.24) is 24.8 Å². The molecule has 1 fully saturated rings. The van der Waals surface area contributed by atoms with Gasteiger partial charge in [0, 0.05) is 61.5 Å². The Hall–Kier alpha value is -4.24. The average Bonchev–Trinajstić information content (AvgIpc) is 3.46. The fourth-order valence-electron chi connectivity index (χ4n) is 5.16. The first-order valence-electron chi connectivity index (χ1n) is 14.0. The molecule has 6 rings (SSSR count). The number of fused-ring (bicyclic) bond motifs is 1. The summed E-state index contributed by atoms with van der Waals surface area (Å²) in [6.45, 7) is 7.22. The number of ether oxygens (including phenoxy) is 1. The van der Waals surface area contributed by atoms with Gasteiger partial charge in [0.05, 0.1) is 5.52 Å². The van der Waals surface area contributed by atoms with Gasteiger partial charge in [0.15, 0.2) is 11.6 Å². The van der Waals surface area contributed by atoms with E-state index in [4.69, 9.17) is 16.3 Å². The van der Waals surface area contributed by atoms with Crippen molar-refractivity contribution in [1.29, 1.82) is 0 Å². The van der Waals surface area contributed by atoms with E-state index in [0.29, 0.717) is 44.6 Å². The highest BCUT2D eigenvalue weighted by Gasteiger charge is 2.18. The summed E-state index contributed by atoms with van der Waals surface area (Å²) in [5, 5.41) is 10.2. The lowest BCUT2D eigenvalue weighted by atomic mass is 9.98. The van der Waals surface area contributed by atoms with Crippen LogP contribution in [0.3, 0.4) is 0 Å². The van der Waals surface area contributed by atoms with Crippen LogP contribution in [0.4, 0.5) is 0 Å². The molecule has 214 valence electrons. The van der Waals surface area contributed by atoms with Gasteiger partial charge >= 0.3 is 0 Å². The molecule has 0 amide bonds. The van der Waals surface area contributed by atoms with Gasteiger partial charge in [0.2, 0.25) is 5.88 Å². The lowest BCUT2D eigenvalue weighted by molar-refractivity contribution is 0.0993. The molecule has 1 aliphatic heterocycles. The number of likely N-dealkylation sites (N-methyl/N-ethyl adjacent to an activating group) is 1. The van der Waals surface area contributed by atoms with E-state index < -0.39 is 0 Å². The Kier molecular flexibility index (Phi) is 7.93. The molecule has 0 bridgehead atoms. The number of carbonyl (C=O) groups is 1. The quantitative estimate of drug-likeness (QED) is 0.209. The number of nitrogens with zero attached hydrogens (tertiary/aromatic N) is 4. The third-order valence-electron chi connectivity index (χ3n) is 7.74. The standard InChI is InChI=1S/C33H32ClN5O3/c1-21-17-23(3-4-24(21)20-39-15-13-38(2)14-16-39)30(41)19-25-18-27(9-10-28(25)34)42-33-31-29(11-12-35-31)36-32(37-33)22-5-7-26(40)8-6-22/h3-12,17-18,35,40H,13-16,19-20H2,1-2H3. The molecule has 0 unspecified atom stereocenters. The molecule has 2 N–H and O–H groups in total. The molecule has 1 saturated heterocycles. The third kappa shape index (κ3) is 6.16. The van der Waals surface area contributed by atoms with Crippen molar-refractivity contribution in [2.45, 2.75) is 19.9 Å². The van der Waals surface area contributed by atoms with Crippen LogP contribution in [0.5, 0.6) is 17.4 Å². The Morgan fingerprint density at radius 1 is 0.976 bits per heavy atom. The molecular weight excluding hydrogens is 550 g/mol. The fraction of sp³-hybridized carbons (Fsp3) is 0.242. The van der Waals surface area contributed by atoms with Gasteiger partial charge in [0.1, 0.15) is 17.0 Å². The summed E-state index contributed by atoms with van der Waals surface area (Å²) in [7, 11) is 2.16. The number of rotatable bonds is 8. The highest BCUT2D eigenvalue weighted by Crippen LogP contribution is 2.32. The van der Waals surface area contributed by atoms with Gasteiger partial charge in [-0.25, -0.2) is 4.98 Å². The number of ketones is 1. The van der Waals surface area contributed by atoms with Crippen LogP contribution in [0.1, 0.15) is 27.0 Å². The SMILES string of the molecule is Cc1cc(C(=O)Cc2cc(Oc3nc(-c4ccc(O)cc4)nc4cc[nH]c34)ccc2Cl)ccc1CN1CCN(C)CC1. The van der Waals surface area contributed by atoms with Crippen molar-refractivity contribution >= 4 is 28.4 Å². The summed E-state index contributed by atoms with van der Waals surface area (Å²) >= 11 is 6.53. The van der Waals surface area contributed by atoms with Crippen molar-refractivity contribution < 1.29 is 14.6 Å². The van der Waals surface area contributed by atoms with Gasteiger partial charge < -0.3 is 19.7 Å². The Morgan fingerprint density at radius 3 is 2.52 bits per heavy atom. The van der Waals surface area contributed by atoms with E-state index in [2.05, 4.69) is 44.8 Å². The average molecular weight is 582 g/mol. The molecule has 0 atom stereocenters. The molecule has 0 spiro atoms. The second-order valence-electron chi connectivity index (χ2n) is 10.8. The van der Waals surface area contributed by atoms with Gasteiger partial charge in [-0.1, -0.05) is 23.7 Å². The number of aryl methyl sites for hydroxylation is 1. The van der Waals surface area contributed by atoms with Gasteiger partial charge in [-0.3, -0.25) is 9.69 Å². The fourth-order valence-corrected chi connectivity index (χ4v) is 5.35. The zero-order valence-corrected chi connectivity index (χ0v) is 24.4. The lowest BCUT2D eigenvalue weighted by Crippen LogP contribution is -2.43. The number of aromatic hydroxyl groups is 1. The molecule has 2 aromatic heterocycles. The van der Waals surface area contributed by atoms with Gasteiger partial charge in [-0.05, 0) is 85.3 Å². The molecule has 8 nitrogen and oxygen atoms in total. The number of carbonyl (C=O) groups excluding carboxylic acids is 1. The molecule has 3 heterocycles. The molecule has 0 radical (unpaired) electrons. The molecular formula is C33H32ClN5O3. The topological polar surface area (TPSA) is 94.6 Å². The number of piperazine rings is 1. The van der Waals surface area contributed by atoms with Crippen molar-refractivity contribution in [2.75, 3.05) is 33.2 Å². The largest absolute Gasteiger partial charge is 0.508 e. The summed E-state index contributed by atoms with van der Waals surface area (Å²) in [6.07, 6.45) is 1.92. The van der Waals surface area contributed by atoms with Crippen LogP contribution in [0.2, 0.25) is 5.02 Å². The minimum Gasteiger partial charge on any atom is -0.508 e. The Bertz CT molecular complexity index is 1740. The monoisotopic (exact) mass is 581 g/mol. The summed E-state index contributed by atoms with van der Waals surface area (Å²) in [5.74, 6) is 1.48. The van der Waals surface area contributed by atoms with Gasteiger partial charge in [-0.2, -0.15) is 4.98 Å². The number of nitrogens with one attached hydrogen (secondary N) is 1. The molecule has 3 aromatic carbocycles. The maximum absolute atomic E-state index is 13.3. The third-order valence-corrected chi connectivity index (χ3v) is 8.10. The van der Waals surface area contributed by atoms with Crippen LogP contribution in [-0.4, -0.2) is 68.9 Å². The maximum atomic E-state index is 13.3. The highest BCUT2D eigenvalue weighted by atomic mass is 35.5. The summed E-state index contributed by atoms with van der Waals surface area (Å²) in [5.41, 5.74) is 5.79. The predicted molar refractivity (Wildman–Crippen MR) is 165 cm³/mol. The van der Waals surface area contributed by atoms with Gasteiger partial charge in [0.25, 0.3) is 0 Å². The van der Waals surface area contributed by atoms with Crippen LogP contribution in [0.25, 0.3) is 22.4 Å².